The van der Waals surface area contributed by atoms with Crippen LogP contribution >= 0.6 is 0 Å². The highest BCUT2D eigenvalue weighted by Gasteiger charge is 2.25. The van der Waals surface area contributed by atoms with Gasteiger partial charge in [0, 0.05) is 0 Å². The Morgan fingerprint density at radius 1 is 1.25 bits per heavy atom. The molecule has 0 saturated heterocycles. The Labute approximate surface area is 94.9 Å². The number of amides is 1. The fourth-order valence-corrected chi connectivity index (χ4v) is 1.61. The van der Waals surface area contributed by atoms with Crippen molar-refractivity contribution in [3.63, 3.8) is 0 Å². The van der Waals surface area contributed by atoms with Gasteiger partial charge >= 0.3 is 6.09 Å². The van der Waals surface area contributed by atoms with Crippen LogP contribution in [0.25, 0.3) is 0 Å². The van der Waals surface area contributed by atoms with Gasteiger partial charge in [-0.2, -0.15) is 0 Å². The van der Waals surface area contributed by atoms with Crippen LogP contribution in [0.5, 0.6) is 0 Å². The van der Waals surface area contributed by atoms with E-state index in [9.17, 15) is 9.90 Å². The fraction of sp³-hybridized carbons (Fsp3) is 0.417. The summed E-state index contributed by atoms with van der Waals surface area (Å²) in [6, 6.07) is 8.55. The van der Waals surface area contributed by atoms with E-state index in [0.717, 1.165) is 5.56 Å². The monoisotopic (exact) mass is 223 g/mol. The van der Waals surface area contributed by atoms with E-state index < -0.39 is 18.2 Å². The van der Waals surface area contributed by atoms with E-state index in [2.05, 4.69) is 5.32 Å². The zero-order valence-electron chi connectivity index (χ0n) is 9.42. The SMILES string of the molecule is CC(C)C(NC(=O)O)C(O)c1ccccc1. The molecule has 0 fully saturated rings. The van der Waals surface area contributed by atoms with Crippen molar-refractivity contribution >= 4 is 6.09 Å². The molecule has 0 aliphatic rings. The van der Waals surface area contributed by atoms with Crippen molar-refractivity contribution in [1.29, 1.82) is 0 Å². The molecule has 1 aromatic carbocycles. The molecule has 0 aliphatic carbocycles. The number of rotatable bonds is 4. The van der Waals surface area contributed by atoms with Crippen molar-refractivity contribution in [2.24, 2.45) is 5.92 Å². The maximum Gasteiger partial charge on any atom is 0.404 e. The fourth-order valence-electron chi connectivity index (χ4n) is 1.61. The minimum Gasteiger partial charge on any atom is -0.465 e. The first-order valence-corrected chi connectivity index (χ1v) is 5.25. The Bertz CT molecular complexity index is 337. The molecule has 0 aliphatic heterocycles. The number of nitrogens with one attached hydrogen (secondary N) is 1. The molecule has 0 spiro atoms. The highest BCUT2D eigenvalue weighted by molar-refractivity contribution is 5.65. The summed E-state index contributed by atoms with van der Waals surface area (Å²) in [6.45, 7) is 3.74. The summed E-state index contributed by atoms with van der Waals surface area (Å²) in [6.07, 6.45) is -1.94. The van der Waals surface area contributed by atoms with Crippen LogP contribution in [0, 0.1) is 5.92 Å². The van der Waals surface area contributed by atoms with Gasteiger partial charge in [0.15, 0.2) is 0 Å². The van der Waals surface area contributed by atoms with Crippen LogP contribution in [-0.2, 0) is 0 Å². The molecule has 88 valence electrons. The average molecular weight is 223 g/mol. The van der Waals surface area contributed by atoms with Crippen molar-refractivity contribution in [2.75, 3.05) is 0 Å². The predicted octanol–water partition coefficient (Wildman–Crippen LogP) is 2.01. The maximum absolute atomic E-state index is 10.6. The normalized spacial score (nSPS) is 14.5. The van der Waals surface area contributed by atoms with Crippen molar-refractivity contribution in [2.45, 2.75) is 26.0 Å². The first-order valence-electron chi connectivity index (χ1n) is 5.25. The summed E-state index contributed by atoms with van der Waals surface area (Å²) in [5.74, 6) is 0.0197. The van der Waals surface area contributed by atoms with Gasteiger partial charge in [0.25, 0.3) is 0 Å². The highest BCUT2D eigenvalue weighted by Crippen LogP contribution is 2.21. The van der Waals surface area contributed by atoms with Crippen molar-refractivity contribution < 1.29 is 15.0 Å². The zero-order valence-corrected chi connectivity index (χ0v) is 9.42. The number of carboxylic acid groups (broad SMARTS) is 1. The van der Waals surface area contributed by atoms with Gasteiger partial charge < -0.3 is 15.5 Å². The van der Waals surface area contributed by atoms with Crippen LogP contribution in [0.15, 0.2) is 30.3 Å². The van der Waals surface area contributed by atoms with Crippen LogP contribution in [0.3, 0.4) is 0 Å². The average Bonchev–Trinajstić information content (AvgIpc) is 2.25. The minimum atomic E-state index is -1.12. The molecule has 0 bridgehead atoms. The molecule has 2 atom stereocenters. The number of aliphatic hydroxyl groups excluding tert-OH is 1. The van der Waals surface area contributed by atoms with Crippen molar-refractivity contribution in [1.82, 2.24) is 5.32 Å². The molecule has 0 radical (unpaired) electrons. The molecular formula is C12H17NO3. The Morgan fingerprint density at radius 3 is 2.25 bits per heavy atom. The second-order valence-corrected chi connectivity index (χ2v) is 4.07. The molecule has 4 nitrogen and oxygen atoms in total. The molecular weight excluding hydrogens is 206 g/mol. The molecule has 0 saturated carbocycles. The lowest BCUT2D eigenvalue weighted by molar-refractivity contribution is 0.100. The third kappa shape index (κ3) is 3.24. The smallest absolute Gasteiger partial charge is 0.404 e. The first kappa shape index (κ1) is 12.5. The summed E-state index contributed by atoms with van der Waals surface area (Å²) in [7, 11) is 0. The lowest BCUT2D eigenvalue weighted by atomic mass is 9.93. The van der Waals surface area contributed by atoms with Gasteiger partial charge in [0.2, 0.25) is 0 Å². The van der Waals surface area contributed by atoms with Crippen LogP contribution in [0.1, 0.15) is 25.5 Å². The highest BCUT2D eigenvalue weighted by atomic mass is 16.4. The van der Waals surface area contributed by atoms with Crippen LogP contribution in [0.2, 0.25) is 0 Å². The quantitative estimate of drug-likeness (QED) is 0.731. The second-order valence-electron chi connectivity index (χ2n) is 4.07. The molecule has 0 aromatic heterocycles. The summed E-state index contributed by atoms with van der Waals surface area (Å²) in [4.78, 5) is 10.6. The van der Waals surface area contributed by atoms with E-state index in [1.165, 1.54) is 0 Å². The van der Waals surface area contributed by atoms with Crippen LogP contribution in [0.4, 0.5) is 4.79 Å². The van der Waals surface area contributed by atoms with Gasteiger partial charge in [-0.25, -0.2) is 4.79 Å². The number of benzene rings is 1. The van der Waals surface area contributed by atoms with Crippen LogP contribution < -0.4 is 5.32 Å². The largest absolute Gasteiger partial charge is 0.465 e. The lowest BCUT2D eigenvalue weighted by Gasteiger charge is -2.26. The van der Waals surface area contributed by atoms with E-state index >= 15 is 0 Å². The van der Waals surface area contributed by atoms with E-state index in [4.69, 9.17) is 5.11 Å². The van der Waals surface area contributed by atoms with Gasteiger partial charge in [0.05, 0.1) is 12.1 Å². The third-order valence-electron chi connectivity index (χ3n) is 2.49. The molecule has 0 heterocycles. The van der Waals surface area contributed by atoms with E-state index in [1.54, 1.807) is 12.1 Å². The number of aliphatic hydroxyl groups is 1. The molecule has 16 heavy (non-hydrogen) atoms. The second kappa shape index (κ2) is 5.51. The maximum atomic E-state index is 10.6. The topological polar surface area (TPSA) is 69.6 Å². The van der Waals surface area contributed by atoms with E-state index in [0.29, 0.717) is 0 Å². The molecule has 4 heteroatoms. The summed E-state index contributed by atoms with van der Waals surface area (Å²) in [5, 5.41) is 21.1. The Hall–Kier alpha value is -1.55. The van der Waals surface area contributed by atoms with Gasteiger partial charge in [-0.1, -0.05) is 44.2 Å². The summed E-state index contributed by atoms with van der Waals surface area (Å²) < 4.78 is 0. The van der Waals surface area contributed by atoms with Crippen molar-refractivity contribution in [3.8, 4) is 0 Å². The van der Waals surface area contributed by atoms with E-state index in [1.807, 2.05) is 32.0 Å². The van der Waals surface area contributed by atoms with Crippen LogP contribution in [-0.4, -0.2) is 22.3 Å². The van der Waals surface area contributed by atoms with Gasteiger partial charge in [-0.05, 0) is 11.5 Å². The standard InChI is InChI=1S/C12H17NO3/c1-8(2)10(13-12(15)16)11(14)9-6-4-3-5-7-9/h3-8,10-11,13-14H,1-2H3,(H,15,16). The Kier molecular flexibility index (Phi) is 4.31. The summed E-state index contributed by atoms with van der Waals surface area (Å²) >= 11 is 0. The molecule has 2 unspecified atom stereocenters. The molecule has 1 rings (SSSR count). The van der Waals surface area contributed by atoms with E-state index in [-0.39, 0.29) is 5.92 Å². The minimum absolute atomic E-state index is 0.0197. The number of hydrogen-bond donors (Lipinski definition) is 3. The predicted molar refractivity (Wildman–Crippen MR) is 61.2 cm³/mol. The first-order chi connectivity index (χ1) is 7.52. The number of hydrogen-bond acceptors (Lipinski definition) is 2. The molecule has 1 amide bonds. The Balaban J connectivity index is 2.83. The molecule has 3 N–H and O–H groups in total. The van der Waals surface area contributed by atoms with Gasteiger partial charge in [0.1, 0.15) is 0 Å². The van der Waals surface area contributed by atoms with Gasteiger partial charge in [-0.15, -0.1) is 0 Å². The summed E-state index contributed by atoms with van der Waals surface area (Å²) in [5.41, 5.74) is 0.718. The molecule has 1 aromatic rings. The Morgan fingerprint density at radius 2 is 1.81 bits per heavy atom. The van der Waals surface area contributed by atoms with Gasteiger partial charge in [-0.3, -0.25) is 0 Å². The lowest BCUT2D eigenvalue weighted by Crippen LogP contribution is -2.42. The number of carbonyl (C=O) groups is 1. The zero-order chi connectivity index (χ0) is 12.1. The third-order valence-corrected chi connectivity index (χ3v) is 2.49. The van der Waals surface area contributed by atoms with Crippen molar-refractivity contribution in [3.05, 3.63) is 35.9 Å².